The number of quaternary nitrogens is 1. The van der Waals surface area contributed by atoms with Crippen molar-refractivity contribution in [2.24, 2.45) is 0 Å². The molecular weight excluding hydrogens is 258 g/mol. The molecule has 1 amide bonds. The van der Waals surface area contributed by atoms with E-state index in [1.807, 2.05) is 0 Å². The number of benzene rings is 1. The van der Waals surface area contributed by atoms with Crippen molar-refractivity contribution < 1.29 is 22.5 Å². The van der Waals surface area contributed by atoms with Crippen molar-refractivity contribution in [2.45, 2.75) is 0 Å². The van der Waals surface area contributed by atoms with Gasteiger partial charge in [-0.1, -0.05) is 12.1 Å². The summed E-state index contributed by atoms with van der Waals surface area (Å²) >= 11 is 0. The molecule has 6 nitrogen and oxygen atoms in total. The van der Waals surface area contributed by atoms with Gasteiger partial charge in [0.15, 0.2) is 5.69 Å². The van der Waals surface area contributed by atoms with Gasteiger partial charge >= 0.3 is 6.09 Å². The van der Waals surface area contributed by atoms with Crippen LogP contribution in [0, 0.1) is 0 Å². The molecule has 1 heterocycles. The molecule has 1 unspecified atom stereocenters. The first-order valence-corrected chi connectivity index (χ1v) is 6.91. The Labute approximate surface area is 104 Å². The van der Waals surface area contributed by atoms with Crippen LogP contribution in [0.1, 0.15) is 5.56 Å². The summed E-state index contributed by atoms with van der Waals surface area (Å²) in [6, 6.07) is 6.87. The Balaban J connectivity index is 2.43. The predicted molar refractivity (Wildman–Crippen MR) is 66.1 cm³/mol. The molecule has 0 aromatic heterocycles. The number of hydrogen-bond donors (Lipinski definition) is 1. The van der Waals surface area contributed by atoms with Gasteiger partial charge in [-0.25, -0.2) is 4.18 Å². The lowest BCUT2D eigenvalue weighted by Gasteiger charge is -2.24. The normalized spacial score (nSPS) is 21.8. The van der Waals surface area contributed by atoms with Crippen LogP contribution in [-0.2, 0) is 14.3 Å². The van der Waals surface area contributed by atoms with Gasteiger partial charge in [0.1, 0.15) is 6.20 Å². The van der Waals surface area contributed by atoms with Crippen molar-refractivity contribution in [3.05, 3.63) is 36.0 Å². The molecule has 0 bridgehead atoms. The standard InChI is InChI=1S/C11H11NO5S/c1-18(15,16)17-8-12(11(13)14)7-6-9-4-2-3-5-10(9)12/h2-7H,8H2,1H3/p+1. The lowest BCUT2D eigenvalue weighted by Crippen LogP contribution is -2.49. The number of carbonyl (C=O) groups is 1. The number of amides is 1. The Morgan fingerprint density at radius 1 is 1.39 bits per heavy atom. The topological polar surface area (TPSA) is 80.7 Å². The minimum Gasteiger partial charge on any atom is -0.435 e. The number of nitrogens with zero attached hydrogens (tertiary/aromatic N) is 1. The maximum atomic E-state index is 11.4. The summed E-state index contributed by atoms with van der Waals surface area (Å²) in [5.74, 6) is 0. The Morgan fingerprint density at radius 3 is 2.67 bits per heavy atom. The van der Waals surface area contributed by atoms with Crippen LogP contribution in [0.25, 0.3) is 6.08 Å². The molecule has 2 rings (SSSR count). The van der Waals surface area contributed by atoms with E-state index in [9.17, 15) is 18.3 Å². The summed E-state index contributed by atoms with van der Waals surface area (Å²) in [5, 5.41) is 9.35. The Bertz CT molecular complexity index is 622. The minimum absolute atomic E-state index is 0.480. The molecule has 0 spiro atoms. The second-order valence-corrected chi connectivity index (χ2v) is 5.62. The summed E-state index contributed by atoms with van der Waals surface area (Å²) < 4.78 is 26.0. The molecule has 1 N–H and O–H groups in total. The zero-order valence-corrected chi connectivity index (χ0v) is 10.4. The molecular formula is C11H12NO5S+. The van der Waals surface area contributed by atoms with Crippen LogP contribution in [0.2, 0.25) is 0 Å². The third-order valence-electron chi connectivity index (χ3n) is 2.69. The minimum atomic E-state index is -3.70. The van der Waals surface area contributed by atoms with Gasteiger partial charge in [-0.15, -0.1) is 4.48 Å². The number of para-hydroxylation sites is 1. The SMILES string of the molecule is CS(=O)(=O)OC[N+]1(C(=O)O)C=Cc2ccccc21. The van der Waals surface area contributed by atoms with E-state index in [-0.39, 0.29) is 0 Å². The molecule has 0 fully saturated rings. The van der Waals surface area contributed by atoms with Crippen LogP contribution >= 0.6 is 0 Å². The molecule has 96 valence electrons. The van der Waals surface area contributed by atoms with Gasteiger partial charge < -0.3 is 5.11 Å². The summed E-state index contributed by atoms with van der Waals surface area (Å²) in [6.45, 7) is -0.498. The first kappa shape index (κ1) is 12.7. The second-order valence-electron chi connectivity index (χ2n) is 3.98. The fourth-order valence-corrected chi connectivity index (χ4v) is 2.15. The molecule has 1 aromatic carbocycles. The molecule has 0 saturated heterocycles. The first-order valence-electron chi connectivity index (χ1n) is 5.10. The average Bonchev–Trinajstić information content (AvgIpc) is 2.66. The first-order chi connectivity index (χ1) is 8.35. The number of rotatable bonds is 3. The zero-order chi connectivity index (χ0) is 13.4. The molecule has 7 heteroatoms. The third-order valence-corrected chi connectivity index (χ3v) is 3.22. The third kappa shape index (κ3) is 2.15. The van der Waals surface area contributed by atoms with Gasteiger partial charge in [0, 0.05) is 17.7 Å². The highest BCUT2D eigenvalue weighted by atomic mass is 32.2. The van der Waals surface area contributed by atoms with E-state index in [4.69, 9.17) is 0 Å². The van der Waals surface area contributed by atoms with Crippen molar-refractivity contribution in [3.8, 4) is 0 Å². The van der Waals surface area contributed by atoms with E-state index < -0.39 is 27.4 Å². The maximum absolute atomic E-state index is 11.4. The number of fused-ring (bicyclic) bond motifs is 1. The van der Waals surface area contributed by atoms with Crippen LogP contribution in [-0.4, -0.2) is 32.6 Å². The van der Waals surface area contributed by atoms with E-state index >= 15 is 0 Å². The lowest BCUT2D eigenvalue weighted by atomic mass is 10.2. The van der Waals surface area contributed by atoms with Crippen molar-refractivity contribution in [2.75, 3.05) is 13.0 Å². The van der Waals surface area contributed by atoms with Crippen LogP contribution < -0.4 is 4.48 Å². The van der Waals surface area contributed by atoms with E-state index in [0.29, 0.717) is 5.69 Å². The number of carboxylic acid groups (broad SMARTS) is 1. The quantitative estimate of drug-likeness (QED) is 0.666. The van der Waals surface area contributed by atoms with Crippen molar-refractivity contribution in [1.82, 2.24) is 4.48 Å². The maximum Gasteiger partial charge on any atom is 0.525 e. The van der Waals surface area contributed by atoms with E-state index in [1.165, 1.54) is 6.20 Å². The van der Waals surface area contributed by atoms with Gasteiger partial charge in [0.2, 0.25) is 6.73 Å². The lowest BCUT2D eigenvalue weighted by molar-refractivity contribution is 0.131. The van der Waals surface area contributed by atoms with Gasteiger partial charge in [0.05, 0.1) is 6.26 Å². The largest absolute Gasteiger partial charge is 0.525 e. The second kappa shape index (κ2) is 4.20. The predicted octanol–water partition coefficient (Wildman–Crippen LogP) is 1.59. The van der Waals surface area contributed by atoms with Gasteiger partial charge in [-0.2, -0.15) is 13.2 Å². The van der Waals surface area contributed by atoms with Crippen LogP contribution in [0.3, 0.4) is 0 Å². The molecule has 0 aliphatic carbocycles. The highest BCUT2D eigenvalue weighted by Gasteiger charge is 2.43. The smallest absolute Gasteiger partial charge is 0.435 e. The van der Waals surface area contributed by atoms with E-state index in [0.717, 1.165) is 11.8 Å². The molecule has 1 aromatic rings. The summed E-state index contributed by atoms with van der Waals surface area (Å²) in [4.78, 5) is 11.4. The molecule has 0 saturated carbocycles. The highest BCUT2D eigenvalue weighted by Crippen LogP contribution is 2.35. The number of hydrogen-bond acceptors (Lipinski definition) is 4. The van der Waals surface area contributed by atoms with Crippen LogP contribution in [0.15, 0.2) is 30.5 Å². The molecule has 1 atom stereocenters. The zero-order valence-electron chi connectivity index (χ0n) is 9.61. The average molecular weight is 270 g/mol. The monoisotopic (exact) mass is 270 g/mol. The summed E-state index contributed by atoms with van der Waals surface area (Å²) in [7, 11) is -3.70. The van der Waals surface area contributed by atoms with Crippen LogP contribution in [0.5, 0.6) is 0 Å². The van der Waals surface area contributed by atoms with E-state index in [1.54, 1.807) is 30.3 Å². The summed E-state index contributed by atoms with van der Waals surface area (Å²) in [5.41, 5.74) is 1.21. The van der Waals surface area contributed by atoms with Crippen molar-refractivity contribution >= 4 is 28.0 Å². The van der Waals surface area contributed by atoms with Crippen molar-refractivity contribution in [1.29, 1.82) is 0 Å². The molecule has 1 aliphatic rings. The summed E-state index contributed by atoms with van der Waals surface area (Å²) in [6.07, 6.45) is 2.73. The highest BCUT2D eigenvalue weighted by molar-refractivity contribution is 7.85. The Morgan fingerprint density at radius 2 is 2.06 bits per heavy atom. The van der Waals surface area contributed by atoms with Gasteiger partial charge in [0.25, 0.3) is 10.1 Å². The fourth-order valence-electron chi connectivity index (χ4n) is 1.79. The van der Waals surface area contributed by atoms with E-state index in [2.05, 4.69) is 4.18 Å². The molecule has 1 aliphatic heterocycles. The Kier molecular flexibility index (Phi) is 2.97. The Hall–Kier alpha value is -1.70. The van der Waals surface area contributed by atoms with Gasteiger partial charge in [-0.05, 0) is 6.07 Å². The van der Waals surface area contributed by atoms with Gasteiger partial charge in [-0.3, -0.25) is 0 Å². The van der Waals surface area contributed by atoms with Crippen molar-refractivity contribution in [3.63, 3.8) is 0 Å². The molecule has 0 radical (unpaired) electrons. The van der Waals surface area contributed by atoms with Crippen LogP contribution in [0.4, 0.5) is 10.5 Å². The molecule has 18 heavy (non-hydrogen) atoms. The fraction of sp³-hybridized carbons (Fsp3) is 0.182.